The van der Waals surface area contributed by atoms with Crippen LogP contribution in [0.3, 0.4) is 0 Å². The van der Waals surface area contributed by atoms with Crippen LogP contribution in [0, 0.1) is 0 Å². The summed E-state index contributed by atoms with van der Waals surface area (Å²) in [4.78, 5) is 0. The first kappa shape index (κ1) is 38.7. The van der Waals surface area contributed by atoms with Gasteiger partial charge in [-0.05, 0) is 39.5 Å². The highest BCUT2D eigenvalue weighted by molar-refractivity contribution is 4.78. The van der Waals surface area contributed by atoms with Crippen molar-refractivity contribution in [1.82, 2.24) is 0 Å². The second kappa shape index (κ2) is 44.2. The lowest BCUT2D eigenvalue weighted by atomic mass is 10.3. The number of unbranched alkanes of at least 4 members (excludes halogenated alkanes) is 3. The minimum absolute atomic E-state index is 0.0413. The molecule has 0 spiro atoms. The van der Waals surface area contributed by atoms with E-state index < -0.39 is 0 Å². The van der Waals surface area contributed by atoms with Gasteiger partial charge in [0.2, 0.25) is 0 Å². The van der Waals surface area contributed by atoms with Crippen LogP contribution >= 0.6 is 0 Å². The topological polar surface area (TPSA) is 118 Å². The summed E-state index contributed by atoms with van der Waals surface area (Å²) in [6.45, 7) is 16.9. The second-order valence-electron chi connectivity index (χ2n) is 6.97. The molecule has 0 rings (SSSR count). The van der Waals surface area contributed by atoms with Crippen LogP contribution in [-0.2, 0) is 18.9 Å². The van der Waals surface area contributed by atoms with Crippen molar-refractivity contribution < 1.29 is 39.4 Å². The lowest BCUT2D eigenvalue weighted by Crippen LogP contribution is -2.11. The van der Waals surface area contributed by atoms with E-state index in [0.29, 0.717) is 39.6 Å². The molecule has 4 N–H and O–H groups in total. The van der Waals surface area contributed by atoms with Gasteiger partial charge >= 0.3 is 0 Å². The van der Waals surface area contributed by atoms with Gasteiger partial charge < -0.3 is 39.4 Å². The number of hydrogen-bond donors (Lipinski definition) is 4. The summed E-state index contributed by atoms with van der Waals surface area (Å²) in [5, 5.41) is 32.9. The van der Waals surface area contributed by atoms with Crippen LogP contribution in [-0.4, -0.2) is 99.7 Å². The van der Waals surface area contributed by atoms with Crippen LogP contribution in [0.15, 0.2) is 12.2 Å². The average molecular weight is 471 g/mol. The molecule has 0 aromatic rings. The maximum Gasteiger partial charge on any atom is 0.0701 e. The zero-order valence-corrected chi connectivity index (χ0v) is 21.4. The molecule has 8 nitrogen and oxygen atoms in total. The van der Waals surface area contributed by atoms with Crippen LogP contribution < -0.4 is 0 Å². The van der Waals surface area contributed by atoms with E-state index in [-0.39, 0.29) is 26.4 Å². The number of aliphatic hydroxyl groups excluding tert-OH is 4. The molecule has 0 fully saturated rings. The number of rotatable bonds is 19. The van der Waals surface area contributed by atoms with Gasteiger partial charge in [0.1, 0.15) is 0 Å². The molecule has 198 valence electrons. The summed E-state index contributed by atoms with van der Waals surface area (Å²) in [5.74, 6) is 0. The molecule has 0 amide bonds. The molecule has 0 aromatic heterocycles. The molecule has 0 unspecified atom stereocenters. The monoisotopic (exact) mass is 470 g/mol. The Morgan fingerprint density at radius 3 is 1.03 bits per heavy atom. The highest BCUT2D eigenvalue weighted by Crippen LogP contribution is 1.91. The van der Waals surface area contributed by atoms with E-state index >= 15 is 0 Å². The summed E-state index contributed by atoms with van der Waals surface area (Å²) in [6, 6.07) is 0. The van der Waals surface area contributed by atoms with Gasteiger partial charge in [0.05, 0.1) is 52.9 Å². The quantitative estimate of drug-likeness (QED) is 0.168. The Bertz CT molecular complexity index is 267. The van der Waals surface area contributed by atoms with Gasteiger partial charge in [0.15, 0.2) is 0 Å². The standard InChI is InChI=1S/C8H18O5.C8H18O.C4H10O2.C4H8/c9-1-3-11-5-7-13-8-6-12-4-2-10;1-3-5-7-9-8-6-4-2;5-3-1-2-4-6;1-4(2)3/h9-10H,1-8H2;3-8H2,1-2H3;5-6H,1-4H2;1H2,2-3H3. The van der Waals surface area contributed by atoms with Crippen molar-refractivity contribution in [2.45, 2.75) is 66.2 Å². The maximum atomic E-state index is 8.36. The molecule has 0 atom stereocenters. The molecule has 8 heteroatoms. The summed E-state index contributed by atoms with van der Waals surface area (Å²) in [5.41, 5.74) is 1.17. The van der Waals surface area contributed by atoms with Crippen LogP contribution in [0.4, 0.5) is 0 Å². The van der Waals surface area contributed by atoms with E-state index in [1.54, 1.807) is 0 Å². The molecule has 0 saturated carbocycles. The zero-order valence-electron chi connectivity index (χ0n) is 21.4. The lowest BCUT2D eigenvalue weighted by Gasteiger charge is -2.04. The lowest BCUT2D eigenvalue weighted by molar-refractivity contribution is 0.00230. The van der Waals surface area contributed by atoms with Crippen molar-refractivity contribution in [3.8, 4) is 0 Å². The van der Waals surface area contributed by atoms with Crippen LogP contribution in [0.25, 0.3) is 0 Å². The van der Waals surface area contributed by atoms with Crippen LogP contribution in [0.2, 0.25) is 0 Å². The maximum absolute atomic E-state index is 8.36. The van der Waals surface area contributed by atoms with Gasteiger partial charge in [0, 0.05) is 26.4 Å². The smallest absolute Gasteiger partial charge is 0.0701 e. The molecule has 0 aliphatic rings. The Hall–Kier alpha value is -0.580. The molecule has 0 aromatic carbocycles. The fourth-order valence-electron chi connectivity index (χ4n) is 1.49. The Balaban J connectivity index is -0.000000179. The third kappa shape index (κ3) is 70.0. The van der Waals surface area contributed by atoms with E-state index in [2.05, 4.69) is 20.4 Å². The SMILES string of the molecule is C=C(C)C.CCCCOCCCC.OCCCCO.OCCOCCOCCOCCO. The van der Waals surface area contributed by atoms with E-state index in [4.69, 9.17) is 39.4 Å². The molecular weight excluding hydrogens is 416 g/mol. The Kier molecular flexibility index (Phi) is 53.4. The summed E-state index contributed by atoms with van der Waals surface area (Å²) in [6.07, 6.45) is 6.35. The first-order valence-corrected chi connectivity index (χ1v) is 11.8. The first-order chi connectivity index (χ1) is 15.5. The second-order valence-corrected chi connectivity index (χ2v) is 6.97. The van der Waals surface area contributed by atoms with Gasteiger partial charge in [-0.25, -0.2) is 0 Å². The van der Waals surface area contributed by atoms with E-state index in [9.17, 15) is 0 Å². The Morgan fingerprint density at radius 1 is 0.500 bits per heavy atom. The predicted molar refractivity (Wildman–Crippen MR) is 131 cm³/mol. The normalized spacial score (nSPS) is 9.62. The third-order valence-electron chi connectivity index (χ3n) is 3.07. The van der Waals surface area contributed by atoms with Gasteiger partial charge in [-0.3, -0.25) is 0 Å². The highest BCUT2D eigenvalue weighted by atomic mass is 16.5. The third-order valence-corrected chi connectivity index (χ3v) is 3.07. The molecule has 0 radical (unpaired) electrons. The Morgan fingerprint density at radius 2 is 0.781 bits per heavy atom. The van der Waals surface area contributed by atoms with Crippen molar-refractivity contribution in [2.75, 3.05) is 79.3 Å². The summed E-state index contributed by atoms with van der Waals surface area (Å²) < 4.78 is 20.3. The molecule has 0 bridgehead atoms. The minimum Gasteiger partial charge on any atom is -0.396 e. The van der Waals surface area contributed by atoms with E-state index in [1.165, 1.54) is 31.3 Å². The average Bonchev–Trinajstić information content (AvgIpc) is 2.77. The molecule has 0 heterocycles. The van der Waals surface area contributed by atoms with Gasteiger partial charge in [0.25, 0.3) is 0 Å². The van der Waals surface area contributed by atoms with Gasteiger partial charge in [-0.15, -0.1) is 6.58 Å². The van der Waals surface area contributed by atoms with Gasteiger partial charge in [-0.1, -0.05) is 32.3 Å². The molecule has 0 saturated heterocycles. The van der Waals surface area contributed by atoms with Gasteiger partial charge in [-0.2, -0.15) is 0 Å². The van der Waals surface area contributed by atoms with Crippen molar-refractivity contribution in [2.24, 2.45) is 0 Å². The molecule has 0 aliphatic carbocycles. The minimum atomic E-state index is 0.0413. The van der Waals surface area contributed by atoms with Crippen LogP contribution in [0.1, 0.15) is 66.2 Å². The summed E-state index contributed by atoms with van der Waals surface area (Å²) >= 11 is 0. The fraction of sp³-hybridized carbons (Fsp3) is 0.917. The Labute approximate surface area is 197 Å². The number of hydrogen-bond acceptors (Lipinski definition) is 8. The first-order valence-electron chi connectivity index (χ1n) is 11.8. The number of ether oxygens (including phenoxy) is 4. The largest absolute Gasteiger partial charge is 0.396 e. The molecular formula is C24H54O8. The number of aliphatic hydroxyl groups is 4. The number of allylic oxidation sites excluding steroid dienone is 1. The molecule has 32 heavy (non-hydrogen) atoms. The summed E-state index contributed by atoms with van der Waals surface area (Å²) in [7, 11) is 0. The van der Waals surface area contributed by atoms with Crippen LogP contribution in [0.5, 0.6) is 0 Å². The van der Waals surface area contributed by atoms with Crippen molar-refractivity contribution in [3.05, 3.63) is 12.2 Å². The van der Waals surface area contributed by atoms with Crippen molar-refractivity contribution >= 4 is 0 Å². The van der Waals surface area contributed by atoms with E-state index in [0.717, 1.165) is 26.1 Å². The highest BCUT2D eigenvalue weighted by Gasteiger charge is 1.90. The van der Waals surface area contributed by atoms with Crippen molar-refractivity contribution in [3.63, 3.8) is 0 Å². The van der Waals surface area contributed by atoms with Crippen molar-refractivity contribution in [1.29, 1.82) is 0 Å². The predicted octanol–water partition coefficient (Wildman–Crippen LogP) is 2.96. The zero-order chi connectivity index (χ0) is 25.1. The fourth-order valence-corrected chi connectivity index (χ4v) is 1.49. The molecule has 0 aliphatic heterocycles. The van der Waals surface area contributed by atoms with E-state index in [1.807, 2.05) is 13.8 Å².